The number of benzene rings is 1. The fourth-order valence-corrected chi connectivity index (χ4v) is 3.26. The number of likely N-dealkylation sites (tertiary alicyclic amines) is 1. The Balaban J connectivity index is 1.82. The molecule has 1 N–H and O–H groups in total. The predicted molar refractivity (Wildman–Crippen MR) is 90.6 cm³/mol. The molecule has 1 saturated heterocycles. The quantitative estimate of drug-likeness (QED) is 0.852. The molecule has 3 rings (SSSR count). The average Bonchev–Trinajstić information content (AvgIpc) is 2.58. The number of aliphatic carboxylic acids is 1. The third-order valence-electron chi connectivity index (χ3n) is 4.22. The molecule has 1 fully saturated rings. The number of hydrogen-bond acceptors (Lipinski definition) is 4. The number of nitrogens with zero attached hydrogens (tertiary/aromatic N) is 3. The number of fused-ring (bicyclic) bond motifs is 1. The Morgan fingerprint density at radius 2 is 2.17 bits per heavy atom. The van der Waals surface area contributed by atoms with Crippen molar-refractivity contribution in [1.29, 1.82) is 0 Å². The zero-order valence-corrected chi connectivity index (χ0v) is 14.4. The van der Waals surface area contributed by atoms with E-state index in [1.165, 1.54) is 15.8 Å². The number of carbonyl (C=O) groups excluding carboxylic acids is 1. The third kappa shape index (κ3) is 3.33. The highest BCUT2D eigenvalue weighted by Gasteiger charge is 2.28. The number of hydrogen-bond donors (Lipinski definition) is 1. The maximum absolute atomic E-state index is 12.5. The van der Waals surface area contributed by atoms with E-state index in [9.17, 15) is 14.4 Å². The van der Waals surface area contributed by atoms with Crippen LogP contribution in [0.4, 0.5) is 0 Å². The van der Waals surface area contributed by atoms with E-state index in [0.717, 1.165) is 4.47 Å². The number of piperidine rings is 1. The Labute approximate surface area is 146 Å². The van der Waals surface area contributed by atoms with Crippen LogP contribution >= 0.6 is 15.9 Å². The summed E-state index contributed by atoms with van der Waals surface area (Å²) in [7, 11) is 0. The molecule has 8 heteroatoms. The number of aromatic nitrogens is 2. The smallest absolute Gasteiger partial charge is 0.308 e. The zero-order valence-electron chi connectivity index (χ0n) is 12.8. The molecule has 1 aromatic heterocycles. The van der Waals surface area contributed by atoms with E-state index in [4.69, 9.17) is 5.11 Å². The summed E-state index contributed by atoms with van der Waals surface area (Å²) in [6.45, 7) is 0.569. The lowest BCUT2D eigenvalue weighted by Gasteiger charge is -2.30. The van der Waals surface area contributed by atoms with Crippen LogP contribution in [0.1, 0.15) is 12.8 Å². The Kier molecular flexibility index (Phi) is 4.66. The highest BCUT2D eigenvalue weighted by molar-refractivity contribution is 9.10. The molecule has 1 atom stereocenters. The van der Waals surface area contributed by atoms with Crippen LogP contribution in [0.25, 0.3) is 10.9 Å². The molecule has 7 nitrogen and oxygen atoms in total. The van der Waals surface area contributed by atoms with Crippen molar-refractivity contribution in [1.82, 2.24) is 14.5 Å². The first-order valence-corrected chi connectivity index (χ1v) is 8.40. The molecule has 0 aliphatic carbocycles. The van der Waals surface area contributed by atoms with Crippen LogP contribution in [0.5, 0.6) is 0 Å². The van der Waals surface area contributed by atoms with Crippen molar-refractivity contribution in [2.75, 3.05) is 13.1 Å². The van der Waals surface area contributed by atoms with Crippen molar-refractivity contribution >= 4 is 38.7 Å². The van der Waals surface area contributed by atoms with E-state index in [1.807, 2.05) is 0 Å². The summed E-state index contributed by atoms with van der Waals surface area (Å²) in [6, 6.07) is 5.20. The summed E-state index contributed by atoms with van der Waals surface area (Å²) >= 11 is 3.32. The minimum absolute atomic E-state index is 0.138. The van der Waals surface area contributed by atoms with Gasteiger partial charge in [0.2, 0.25) is 5.91 Å². The minimum atomic E-state index is -0.887. The number of rotatable bonds is 3. The maximum Gasteiger partial charge on any atom is 0.308 e. The number of carboxylic acids is 1. The van der Waals surface area contributed by atoms with Crippen molar-refractivity contribution in [3.63, 3.8) is 0 Å². The molecular formula is C16H16BrN3O4. The first-order valence-electron chi connectivity index (χ1n) is 7.61. The molecule has 1 aromatic carbocycles. The molecule has 126 valence electrons. The molecule has 0 radical (unpaired) electrons. The van der Waals surface area contributed by atoms with E-state index in [1.54, 1.807) is 18.2 Å². The number of carboxylic acid groups (broad SMARTS) is 1. The summed E-state index contributed by atoms with van der Waals surface area (Å²) in [4.78, 5) is 41.8. The summed E-state index contributed by atoms with van der Waals surface area (Å²) in [5, 5.41) is 9.54. The van der Waals surface area contributed by atoms with Gasteiger partial charge in [0.15, 0.2) is 0 Å². The summed E-state index contributed by atoms with van der Waals surface area (Å²) in [6.07, 6.45) is 2.58. The van der Waals surface area contributed by atoms with Crippen LogP contribution in [0.3, 0.4) is 0 Å². The number of amides is 1. The Bertz CT molecular complexity index is 864. The van der Waals surface area contributed by atoms with Crippen LogP contribution in [0, 0.1) is 5.92 Å². The van der Waals surface area contributed by atoms with Gasteiger partial charge in [-0.25, -0.2) is 4.98 Å². The monoisotopic (exact) mass is 393 g/mol. The fraction of sp³-hybridized carbons (Fsp3) is 0.375. The molecule has 1 aliphatic rings. The Hall–Kier alpha value is -2.22. The van der Waals surface area contributed by atoms with Gasteiger partial charge in [0.05, 0.1) is 23.1 Å². The lowest BCUT2D eigenvalue weighted by molar-refractivity contribution is -0.145. The van der Waals surface area contributed by atoms with E-state index in [-0.39, 0.29) is 24.6 Å². The zero-order chi connectivity index (χ0) is 17.3. The minimum Gasteiger partial charge on any atom is -0.481 e. The fourth-order valence-electron chi connectivity index (χ4n) is 2.89. The number of carbonyl (C=O) groups is 2. The second-order valence-electron chi connectivity index (χ2n) is 5.86. The predicted octanol–water partition coefficient (Wildman–Crippen LogP) is 1.48. The maximum atomic E-state index is 12.5. The van der Waals surface area contributed by atoms with Crippen LogP contribution in [-0.2, 0) is 16.1 Å². The van der Waals surface area contributed by atoms with Gasteiger partial charge in [-0.1, -0.05) is 15.9 Å². The van der Waals surface area contributed by atoms with Crippen LogP contribution in [-0.4, -0.2) is 44.5 Å². The first kappa shape index (κ1) is 16.6. The summed E-state index contributed by atoms with van der Waals surface area (Å²) < 4.78 is 2.03. The van der Waals surface area contributed by atoms with E-state index >= 15 is 0 Å². The second kappa shape index (κ2) is 6.72. The van der Waals surface area contributed by atoms with Gasteiger partial charge in [-0.3, -0.25) is 19.0 Å². The van der Waals surface area contributed by atoms with Crippen LogP contribution in [0.2, 0.25) is 0 Å². The van der Waals surface area contributed by atoms with E-state index < -0.39 is 11.9 Å². The molecule has 0 saturated carbocycles. The standard InChI is InChI=1S/C16H16BrN3O4/c17-11-3-4-13-12(6-11)15(22)20(9-18-13)8-14(21)19-5-1-2-10(7-19)16(23)24/h3-4,6,9-10H,1-2,5,7-8H2,(H,23,24)/t10-/m0/s1. The van der Waals surface area contributed by atoms with Crippen molar-refractivity contribution in [3.8, 4) is 0 Å². The van der Waals surface area contributed by atoms with Gasteiger partial charge in [-0.15, -0.1) is 0 Å². The Morgan fingerprint density at radius 3 is 2.92 bits per heavy atom. The van der Waals surface area contributed by atoms with Gasteiger partial charge in [0, 0.05) is 17.6 Å². The van der Waals surface area contributed by atoms with E-state index in [0.29, 0.717) is 30.3 Å². The van der Waals surface area contributed by atoms with Crippen LogP contribution in [0.15, 0.2) is 33.8 Å². The molecule has 0 spiro atoms. The molecular weight excluding hydrogens is 378 g/mol. The van der Waals surface area contributed by atoms with Gasteiger partial charge < -0.3 is 10.0 Å². The molecule has 2 heterocycles. The van der Waals surface area contributed by atoms with Crippen molar-refractivity contribution < 1.29 is 14.7 Å². The molecule has 24 heavy (non-hydrogen) atoms. The number of halogens is 1. The van der Waals surface area contributed by atoms with Crippen molar-refractivity contribution in [2.45, 2.75) is 19.4 Å². The van der Waals surface area contributed by atoms with Gasteiger partial charge in [-0.2, -0.15) is 0 Å². The summed E-state index contributed by atoms with van der Waals surface area (Å²) in [5.74, 6) is -1.69. The van der Waals surface area contributed by atoms with Gasteiger partial charge in [0.25, 0.3) is 5.56 Å². The topological polar surface area (TPSA) is 92.5 Å². The first-order chi connectivity index (χ1) is 11.5. The molecule has 2 aromatic rings. The molecule has 1 amide bonds. The largest absolute Gasteiger partial charge is 0.481 e. The van der Waals surface area contributed by atoms with Gasteiger partial charge >= 0.3 is 5.97 Å². The lowest BCUT2D eigenvalue weighted by Crippen LogP contribution is -2.44. The second-order valence-corrected chi connectivity index (χ2v) is 6.77. The molecule has 0 bridgehead atoms. The highest BCUT2D eigenvalue weighted by Crippen LogP contribution is 2.17. The average molecular weight is 394 g/mol. The lowest BCUT2D eigenvalue weighted by atomic mass is 9.98. The van der Waals surface area contributed by atoms with E-state index in [2.05, 4.69) is 20.9 Å². The van der Waals surface area contributed by atoms with Crippen LogP contribution < -0.4 is 5.56 Å². The van der Waals surface area contributed by atoms with Gasteiger partial charge in [-0.05, 0) is 31.0 Å². The Morgan fingerprint density at radius 1 is 1.38 bits per heavy atom. The van der Waals surface area contributed by atoms with Crippen molar-refractivity contribution in [3.05, 3.63) is 39.4 Å². The third-order valence-corrected chi connectivity index (χ3v) is 4.71. The SMILES string of the molecule is O=C(O)[C@H]1CCCN(C(=O)Cn2cnc3ccc(Br)cc3c2=O)C1. The van der Waals surface area contributed by atoms with Gasteiger partial charge in [0.1, 0.15) is 6.54 Å². The molecule has 1 aliphatic heterocycles. The normalized spacial score (nSPS) is 17.9. The van der Waals surface area contributed by atoms with Crippen molar-refractivity contribution in [2.24, 2.45) is 5.92 Å². The summed E-state index contributed by atoms with van der Waals surface area (Å²) in [5.41, 5.74) is 0.275. The molecule has 0 unspecified atom stereocenters. The highest BCUT2D eigenvalue weighted by atomic mass is 79.9.